The van der Waals surface area contributed by atoms with Crippen LogP contribution < -0.4 is 10.6 Å². The Hall–Kier alpha value is -1.26. The first-order chi connectivity index (χ1) is 6.95. The number of amides is 2. The average Bonchev–Trinajstić information content (AvgIpc) is 2.12. The summed E-state index contributed by atoms with van der Waals surface area (Å²) in [5, 5.41) is 13.7. The van der Waals surface area contributed by atoms with Gasteiger partial charge in [-0.05, 0) is 12.8 Å². The second-order valence-corrected chi connectivity index (χ2v) is 3.87. The van der Waals surface area contributed by atoms with Gasteiger partial charge in [0.25, 0.3) is 0 Å². The zero-order chi connectivity index (χ0) is 11.8. The molecule has 3 N–H and O–H groups in total. The smallest absolute Gasteiger partial charge is 0.315 e. The minimum absolute atomic E-state index is 0.0588. The van der Waals surface area contributed by atoms with Gasteiger partial charge in [-0.3, -0.25) is 4.79 Å². The van der Waals surface area contributed by atoms with Crippen molar-refractivity contribution in [3.8, 4) is 0 Å². The molecular formula is C10H20N2O3. The van der Waals surface area contributed by atoms with Gasteiger partial charge in [-0.25, -0.2) is 4.79 Å². The molecule has 2 amide bonds. The number of hydrogen-bond acceptors (Lipinski definition) is 2. The van der Waals surface area contributed by atoms with Gasteiger partial charge in [-0.15, -0.1) is 0 Å². The van der Waals surface area contributed by atoms with E-state index in [1.54, 1.807) is 6.92 Å². The van der Waals surface area contributed by atoms with Crippen LogP contribution in [0.15, 0.2) is 0 Å². The molecule has 0 heterocycles. The Morgan fingerprint density at radius 1 is 1.33 bits per heavy atom. The van der Waals surface area contributed by atoms with Crippen LogP contribution in [0.1, 0.15) is 33.6 Å². The summed E-state index contributed by atoms with van der Waals surface area (Å²) in [6, 6.07) is -0.650. The molecule has 0 radical (unpaired) electrons. The van der Waals surface area contributed by atoms with Crippen LogP contribution in [0.25, 0.3) is 0 Å². The molecule has 2 unspecified atom stereocenters. The highest BCUT2D eigenvalue weighted by Crippen LogP contribution is 1.97. The second kappa shape index (κ2) is 7.09. The Kier molecular flexibility index (Phi) is 6.49. The van der Waals surface area contributed by atoms with E-state index in [9.17, 15) is 9.59 Å². The summed E-state index contributed by atoms with van der Waals surface area (Å²) in [6.45, 7) is 6.37. The first kappa shape index (κ1) is 13.7. The molecule has 0 saturated heterocycles. The minimum atomic E-state index is -0.912. The predicted octanol–water partition coefficient (Wildman–Crippen LogP) is 1.19. The molecule has 0 aliphatic carbocycles. The highest BCUT2D eigenvalue weighted by atomic mass is 16.4. The van der Waals surface area contributed by atoms with Gasteiger partial charge in [0, 0.05) is 12.6 Å². The topological polar surface area (TPSA) is 78.4 Å². The van der Waals surface area contributed by atoms with E-state index in [0.717, 1.165) is 6.42 Å². The number of carboxylic acids is 1. The number of carbonyl (C=O) groups excluding carboxylic acids is 1. The Morgan fingerprint density at radius 2 is 1.93 bits per heavy atom. The molecule has 0 fully saturated rings. The van der Waals surface area contributed by atoms with Crippen LogP contribution in [0.4, 0.5) is 4.79 Å². The third-order valence-electron chi connectivity index (χ3n) is 2.17. The van der Waals surface area contributed by atoms with Crippen LogP contribution in [0.5, 0.6) is 0 Å². The van der Waals surface area contributed by atoms with Crippen molar-refractivity contribution in [1.29, 1.82) is 0 Å². The molecule has 5 nitrogen and oxygen atoms in total. The summed E-state index contributed by atoms with van der Waals surface area (Å²) in [5.41, 5.74) is 0. The lowest BCUT2D eigenvalue weighted by atomic mass is 10.1. The Labute approximate surface area is 90.2 Å². The van der Waals surface area contributed by atoms with E-state index in [0.29, 0.717) is 12.5 Å². The highest BCUT2D eigenvalue weighted by Gasteiger charge is 2.10. The maximum atomic E-state index is 11.2. The van der Waals surface area contributed by atoms with E-state index in [2.05, 4.69) is 17.6 Å². The molecule has 88 valence electrons. The molecule has 0 aliphatic heterocycles. The van der Waals surface area contributed by atoms with E-state index in [1.807, 2.05) is 6.92 Å². The molecule has 0 spiro atoms. The van der Waals surface area contributed by atoms with Crippen LogP contribution >= 0.6 is 0 Å². The number of rotatable bonds is 6. The van der Waals surface area contributed by atoms with Gasteiger partial charge in [0.2, 0.25) is 0 Å². The predicted molar refractivity (Wildman–Crippen MR) is 57.7 cm³/mol. The summed E-state index contributed by atoms with van der Waals surface area (Å²) in [7, 11) is 0. The number of aliphatic carboxylic acids is 1. The summed E-state index contributed by atoms with van der Waals surface area (Å²) in [4.78, 5) is 21.6. The van der Waals surface area contributed by atoms with Crippen molar-refractivity contribution in [1.82, 2.24) is 10.6 Å². The molecule has 0 aromatic carbocycles. The first-order valence-electron chi connectivity index (χ1n) is 5.21. The lowest BCUT2D eigenvalue weighted by molar-refractivity contribution is -0.137. The van der Waals surface area contributed by atoms with Crippen molar-refractivity contribution in [3.05, 3.63) is 0 Å². The van der Waals surface area contributed by atoms with Crippen LogP contribution in [-0.4, -0.2) is 29.7 Å². The van der Waals surface area contributed by atoms with Crippen molar-refractivity contribution >= 4 is 12.0 Å². The molecule has 0 aromatic heterocycles. The van der Waals surface area contributed by atoms with Crippen LogP contribution in [0.3, 0.4) is 0 Å². The van der Waals surface area contributed by atoms with Crippen LogP contribution in [0, 0.1) is 5.92 Å². The third kappa shape index (κ3) is 7.78. The Morgan fingerprint density at radius 3 is 2.40 bits per heavy atom. The van der Waals surface area contributed by atoms with Gasteiger partial charge in [-0.1, -0.05) is 20.3 Å². The summed E-state index contributed by atoms with van der Waals surface area (Å²) in [5.74, 6) is -0.477. The van der Waals surface area contributed by atoms with Crippen molar-refractivity contribution in [2.24, 2.45) is 5.92 Å². The quantitative estimate of drug-likeness (QED) is 0.624. The van der Waals surface area contributed by atoms with Crippen molar-refractivity contribution in [3.63, 3.8) is 0 Å². The Bertz CT molecular complexity index is 219. The summed E-state index contributed by atoms with van der Waals surface area (Å²) < 4.78 is 0. The van der Waals surface area contributed by atoms with Crippen molar-refractivity contribution < 1.29 is 14.7 Å². The molecule has 2 atom stereocenters. The fraction of sp³-hybridized carbons (Fsp3) is 0.800. The third-order valence-corrected chi connectivity index (χ3v) is 2.17. The van der Waals surface area contributed by atoms with E-state index in [-0.39, 0.29) is 18.5 Å². The number of hydrogen-bond donors (Lipinski definition) is 3. The Balaban J connectivity index is 3.69. The van der Waals surface area contributed by atoms with Gasteiger partial charge in [-0.2, -0.15) is 0 Å². The fourth-order valence-electron chi connectivity index (χ4n) is 0.999. The largest absolute Gasteiger partial charge is 0.481 e. The van der Waals surface area contributed by atoms with Crippen molar-refractivity contribution in [2.45, 2.75) is 39.7 Å². The van der Waals surface area contributed by atoms with Crippen molar-refractivity contribution in [2.75, 3.05) is 6.54 Å². The average molecular weight is 216 g/mol. The second-order valence-electron chi connectivity index (χ2n) is 3.87. The fourth-order valence-corrected chi connectivity index (χ4v) is 0.999. The number of carboxylic acid groups (broad SMARTS) is 1. The zero-order valence-electron chi connectivity index (χ0n) is 9.54. The number of carbonyl (C=O) groups is 2. The zero-order valence-corrected chi connectivity index (χ0v) is 9.54. The number of nitrogens with one attached hydrogen (secondary N) is 2. The van der Waals surface area contributed by atoms with Gasteiger partial charge >= 0.3 is 12.0 Å². The van der Waals surface area contributed by atoms with Crippen LogP contribution in [-0.2, 0) is 4.79 Å². The lowest BCUT2D eigenvalue weighted by Crippen LogP contribution is -2.42. The summed E-state index contributed by atoms with van der Waals surface area (Å²) >= 11 is 0. The van der Waals surface area contributed by atoms with E-state index in [1.165, 1.54) is 0 Å². The first-order valence-corrected chi connectivity index (χ1v) is 5.21. The molecule has 15 heavy (non-hydrogen) atoms. The molecule has 0 saturated carbocycles. The SMILES string of the molecule is CCC(C)CNC(=O)NC(C)CC(=O)O. The lowest BCUT2D eigenvalue weighted by Gasteiger charge is -2.14. The highest BCUT2D eigenvalue weighted by molar-refractivity contribution is 5.75. The molecule has 0 aliphatic rings. The normalized spacial score (nSPS) is 14.1. The molecule has 0 aromatic rings. The maximum Gasteiger partial charge on any atom is 0.315 e. The standard InChI is InChI=1S/C10H20N2O3/c1-4-7(2)6-11-10(15)12-8(3)5-9(13)14/h7-8H,4-6H2,1-3H3,(H,13,14)(H2,11,12,15). The van der Waals surface area contributed by atoms with Gasteiger partial charge in [0.1, 0.15) is 0 Å². The number of urea groups is 1. The van der Waals surface area contributed by atoms with E-state index < -0.39 is 5.97 Å². The summed E-state index contributed by atoms with van der Waals surface area (Å²) in [6.07, 6.45) is 0.946. The molecule has 0 rings (SSSR count). The van der Waals surface area contributed by atoms with E-state index >= 15 is 0 Å². The molecule has 5 heteroatoms. The monoisotopic (exact) mass is 216 g/mol. The van der Waals surface area contributed by atoms with Crippen LogP contribution in [0.2, 0.25) is 0 Å². The van der Waals surface area contributed by atoms with E-state index in [4.69, 9.17) is 5.11 Å². The van der Waals surface area contributed by atoms with Gasteiger partial charge in [0.15, 0.2) is 0 Å². The molecule has 0 bridgehead atoms. The molecular weight excluding hydrogens is 196 g/mol. The maximum absolute atomic E-state index is 11.2. The minimum Gasteiger partial charge on any atom is -0.481 e. The van der Waals surface area contributed by atoms with Gasteiger partial charge in [0.05, 0.1) is 6.42 Å². The van der Waals surface area contributed by atoms with Gasteiger partial charge < -0.3 is 15.7 Å².